The molecule has 0 amide bonds. The lowest BCUT2D eigenvalue weighted by molar-refractivity contribution is 0.0748. The second-order valence-electron chi connectivity index (χ2n) is 4.42. The van der Waals surface area contributed by atoms with Crippen molar-refractivity contribution in [3.63, 3.8) is 0 Å². The third-order valence-electron chi connectivity index (χ3n) is 2.26. The molecule has 0 fully saturated rings. The molecular formula is C12H18FNO. The zero-order chi connectivity index (χ0) is 11.5. The molecule has 2 nitrogen and oxygen atoms in total. The molecule has 0 unspecified atom stereocenters. The highest BCUT2D eigenvalue weighted by molar-refractivity contribution is 5.51. The number of aliphatic hydroxyl groups is 1. The van der Waals surface area contributed by atoms with Gasteiger partial charge in [-0.2, -0.15) is 0 Å². The summed E-state index contributed by atoms with van der Waals surface area (Å²) in [6, 6.07) is 4.97. The molecule has 0 bridgehead atoms. The van der Waals surface area contributed by atoms with Crippen LogP contribution < -0.4 is 5.32 Å². The van der Waals surface area contributed by atoms with Crippen LogP contribution in [0.4, 0.5) is 10.1 Å². The molecule has 0 saturated heterocycles. The van der Waals surface area contributed by atoms with Crippen molar-refractivity contribution < 1.29 is 9.50 Å². The Morgan fingerprint density at radius 2 is 2.07 bits per heavy atom. The Morgan fingerprint density at radius 3 is 2.60 bits per heavy atom. The van der Waals surface area contributed by atoms with Gasteiger partial charge in [-0.25, -0.2) is 4.39 Å². The Labute approximate surface area is 90.1 Å². The lowest BCUT2D eigenvalue weighted by Crippen LogP contribution is -2.23. The summed E-state index contributed by atoms with van der Waals surface area (Å²) >= 11 is 0. The van der Waals surface area contributed by atoms with Crippen LogP contribution in [0.3, 0.4) is 0 Å². The van der Waals surface area contributed by atoms with Gasteiger partial charge in [0.2, 0.25) is 0 Å². The molecule has 0 atom stereocenters. The number of hydrogen-bond acceptors (Lipinski definition) is 2. The zero-order valence-electron chi connectivity index (χ0n) is 9.47. The van der Waals surface area contributed by atoms with Gasteiger partial charge in [-0.05, 0) is 38.8 Å². The van der Waals surface area contributed by atoms with Gasteiger partial charge in [-0.3, -0.25) is 0 Å². The normalized spacial score (nSPS) is 11.5. The standard InChI is InChI=1S/C12H18FNO/c1-9-5-4-6-10(13)11(9)14-8-7-12(2,3)15/h4-6,14-15H,7-8H2,1-3H3. The highest BCUT2D eigenvalue weighted by atomic mass is 19.1. The fraction of sp³-hybridized carbons (Fsp3) is 0.500. The van der Waals surface area contributed by atoms with Gasteiger partial charge in [0, 0.05) is 6.54 Å². The van der Waals surface area contributed by atoms with Crippen LogP contribution in [0.5, 0.6) is 0 Å². The van der Waals surface area contributed by atoms with Crippen molar-refractivity contribution in [2.24, 2.45) is 0 Å². The van der Waals surface area contributed by atoms with E-state index < -0.39 is 5.60 Å². The zero-order valence-corrected chi connectivity index (χ0v) is 9.47. The maximum atomic E-state index is 13.3. The Bertz CT molecular complexity index is 311. The molecule has 15 heavy (non-hydrogen) atoms. The lowest BCUT2D eigenvalue weighted by atomic mass is 10.1. The summed E-state index contributed by atoms with van der Waals surface area (Å²) in [4.78, 5) is 0. The Hall–Kier alpha value is -1.09. The van der Waals surface area contributed by atoms with Crippen molar-refractivity contribution in [3.05, 3.63) is 29.6 Å². The Morgan fingerprint density at radius 1 is 1.40 bits per heavy atom. The molecule has 84 valence electrons. The fourth-order valence-corrected chi connectivity index (χ4v) is 1.35. The highest BCUT2D eigenvalue weighted by Crippen LogP contribution is 2.19. The topological polar surface area (TPSA) is 32.3 Å². The van der Waals surface area contributed by atoms with Gasteiger partial charge in [0.25, 0.3) is 0 Å². The molecule has 0 aliphatic heterocycles. The summed E-state index contributed by atoms with van der Waals surface area (Å²) < 4.78 is 13.3. The lowest BCUT2D eigenvalue weighted by Gasteiger charge is -2.18. The minimum absolute atomic E-state index is 0.245. The van der Waals surface area contributed by atoms with E-state index in [1.807, 2.05) is 13.0 Å². The van der Waals surface area contributed by atoms with Crippen LogP contribution in [0, 0.1) is 12.7 Å². The van der Waals surface area contributed by atoms with E-state index in [-0.39, 0.29) is 5.82 Å². The van der Waals surface area contributed by atoms with Gasteiger partial charge in [0.15, 0.2) is 0 Å². The molecule has 0 saturated carbocycles. The van der Waals surface area contributed by atoms with Gasteiger partial charge in [-0.1, -0.05) is 12.1 Å². The quantitative estimate of drug-likeness (QED) is 0.802. The van der Waals surface area contributed by atoms with Crippen molar-refractivity contribution >= 4 is 5.69 Å². The van der Waals surface area contributed by atoms with Crippen LogP contribution in [0.15, 0.2) is 18.2 Å². The molecule has 1 aromatic carbocycles. The number of benzene rings is 1. The average molecular weight is 211 g/mol. The van der Waals surface area contributed by atoms with Crippen molar-refractivity contribution in [2.45, 2.75) is 32.8 Å². The number of halogens is 1. The van der Waals surface area contributed by atoms with Gasteiger partial charge in [0.05, 0.1) is 11.3 Å². The molecule has 0 aromatic heterocycles. The number of nitrogens with one attached hydrogen (secondary N) is 1. The Kier molecular flexibility index (Phi) is 3.69. The maximum Gasteiger partial charge on any atom is 0.146 e. The van der Waals surface area contributed by atoms with E-state index in [2.05, 4.69) is 5.32 Å². The first-order valence-electron chi connectivity index (χ1n) is 5.11. The molecule has 0 radical (unpaired) electrons. The summed E-state index contributed by atoms with van der Waals surface area (Å²) in [5, 5.41) is 12.5. The predicted octanol–water partition coefficient (Wildman–Crippen LogP) is 2.71. The van der Waals surface area contributed by atoms with E-state index in [4.69, 9.17) is 0 Å². The second kappa shape index (κ2) is 4.62. The molecular weight excluding hydrogens is 193 g/mol. The molecule has 0 spiro atoms. The fourth-order valence-electron chi connectivity index (χ4n) is 1.35. The van der Waals surface area contributed by atoms with Gasteiger partial charge < -0.3 is 10.4 Å². The van der Waals surface area contributed by atoms with Crippen molar-refractivity contribution in [3.8, 4) is 0 Å². The maximum absolute atomic E-state index is 13.3. The molecule has 0 heterocycles. The second-order valence-corrected chi connectivity index (χ2v) is 4.42. The number of rotatable bonds is 4. The first kappa shape index (κ1) is 12.0. The molecule has 2 N–H and O–H groups in total. The SMILES string of the molecule is Cc1cccc(F)c1NCCC(C)(C)O. The summed E-state index contributed by atoms with van der Waals surface area (Å²) in [6.45, 7) is 5.90. The van der Waals surface area contributed by atoms with Crippen molar-refractivity contribution in [1.29, 1.82) is 0 Å². The van der Waals surface area contributed by atoms with E-state index >= 15 is 0 Å². The summed E-state index contributed by atoms with van der Waals surface area (Å²) in [5.41, 5.74) is 0.694. The minimum atomic E-state index is -0.716. The van der Waals surface area contributed by atoms with Gasteiger partial charge >= 0.3 is 0 Å². The summed E-state index contributed by atoms with van der Waals surface area (Å²) in [6.07, 6.45) is 0.584. The number of aryl methyl sites for hydroxylation is 1. The van der Waals surface area contributed by atoms with Crippen molar-refractivity contribution in [1.82, 2.24) is 0 Å². The van der Waals surface area contributed by atoms with Crippen LogP contribution in [0.1, 0.15) is 25.8 Å². The third-order valence-corrected chi connectivity index (χ3v) is 2.26. The summed E-state index contributed by atoms with van der Waals surface area (Å²) in [7, 11) is 0. The molecule has 3 heteroatoms. The van der Waals surface area contributed by atoms with Crippen LogP contribution >= 0.6 is 0 Å². The predicted molar refractivity (Wildman–Crippen MR) is 60.5 cm³/mol. The van der Waals surface area contributed by atoms with Crippen LogP contribution in [0.2, 0.25) is 0 Å². The van der Waals surface area contributed by atoms with Gasteiger partial charge in [0.1, 0.15) is 5.82 Å². The smallest absolute Gasteiger partial charge is 0.146 e. The molecule has 0 aliphatic rings. The van der Waals surface area contributed by atoms with Gasteiger partial charge in [-0.15, -0.1) is 0 Å². The van der Waals surface area contributed by atoms with E-state index in [0.717, 1.165) is 5.56 Å². The van der Waals surface area contributed by atoms with E-state index in [9.17, 15) is 9.50 Å². The highest BCUT2D eigenvalue weighted by Gasteiger charge is 2.12. The average Bonchev–Trinajstić information content (AvgIpc) is 2.08. The van der Waals surface area contributed by atoms with E-state index in [1.165, 1.54) is 6.07 Å². The number of anilines is 1. The monoisotopic (exact) mass is 211 g/mol. The molecule has 1 rings (SSSR count). The Balaban J connectivity index is 2.58. The van der Waals surface area contributed by atoms with Crippen molar-refractivity contribution in [2.75, 3.05) is 11.9 Å². The largest absolute Gasteiger partial charge is 0.390 e. The molecule has 0 aliphatic carbocycles. The minimum Gasteiger partial charge on any atom is -0.390 e. The first-order valence-corrected chi connectivity index (χ1v) is 5.11. The third kappa shape index (κ3) is 3.88. The number of para-hydroxylation sites is 1. The van der Waals surface area contributed by atoms with E-state index in [0.29, 0.717) is 18.7 Å². The summed E-state index contributed by atoms with van der Waals surface area (Å²) in [5.74, 6) is -0.245. The van der Waals surface area contributed by atoms with Crippen LogP contribution in [-0.2, 0) is 0 Å². The van der Waals surface area contributed by atoms with E-state index in [1.54, 1.807) is 19.9 Å². The molecule has 1 aromatic rings. The number of hydrogen-bond donors (Lipinski definition) is 2. The van der Waals surface area contributed by atoms with Crippen LogP contribution in [-0.4, -0.2) is 17.3 Å². The van der Waals surface area contributed by atoms with Crippen LogP contribution in [0.25, 0.3) is 0 Å². The first-order chi connectivity index (χ1) is 6.90.